The number of nitrogens with one attached hydrogen (secondary N) is 2. The number of hydrogen-bond acceptors (Lipinski definition) is 5. The van der Waals surface area contributed by atoms with Gasteiger partial charge in [-0.2, -0.15) is 5.21 Å². The van der Waals surface area contributed by atoms with Crippen LogP contribution in [-0.4, -0.2) is 26.5 Å². The van der Waals surface area contributed by atoms with Crippen molar-refractivity contribution in [2.24, 2.45) is 0 Å². The fourth-order valence-electron chi connectivity index (χ4n) is 1.39. The first-order valence-corrected chi connectivity index (χ1v) is 5.07. The van der Waals surface area contributed by atoms with Gasteiger partial charge in [0.1, 0.15) is 0 Å². The molecular formula is C10H12N6O. The molecule has 0 unspecified atom stereocenters. The van der Waals surface area contributed by atoms with E-state index in [0.717, 1.165) is 5.56 Å². The molecule has 1 aromatic heterocycles. The summed E-state index contributed by atoms with van der Waals surface area (Å²) in [5, 5.41) is 15.8. The monoisotopic (exact) mass is 232 g/mol. The zero-order valence-corrected chi connectivity index (χ0v) is 9.05. The number of nitrogens with two attached hydrogens (primary N) is 1. The van der Waals surface area contributed by atoms with E-state index in [1.807, 2.05) is 12.1 Å². The van der Waals surface area contributed by atoms with Crippen LogP contribution in [0.2, 0.25) is 0 Å². The van der Waals surface area contributed by atoms with Crippen LogP contribution in [-0.2, 0) is 17.8 Å². The van der Waals surface area contributed by atoms with Crippen LogP contribution in [0, 0.1) is 0 Å². The lowest BCUT2D eigenvalue weighted by Gasteiger charge is -2.03. The zero-order chi connectivity index (χ0) is 12.1. The van der Waals surface area contributed by atoms with E-state index in [9.17, 15) is 4.79 Å². The summed E-state index contributed by atoms with van der Waals surface area (Å²) >= 11 is 0. The molecule has 4 N–H and O–H groups in total. The Morgan fingerprint density at radius 1 is 1.47 bits per heavy atom. The van der Waals surface area contributed by atoms with Crippen molar-refractivity contribution in [3.63, 3.8) is 0 Å². The summed E-state index contributed by atoms with van der Waals surface area (Å²) in [6.45, 7) is 0.262. The Labute approximate surface area is 97.4 Å². The summed E-state index contributed by atoms with van der Waals surface area (Å²) in [5.41, 5.74) is 7.14. The fourth-order valence-corrected chi connectivity index (χ4v) is 1.39. The third-order valence-electron chi connectivity index (χ3n) is 2.15. The molecule has 88 valence electrons. The average Bonchev–Trinajstić information content (AvgIpc) is 2.79. The molecule has 0 bridgehead atoms. The third kappa shape index (κ3) is 3.26. The second-order valence-electron chi connectivity index (χ2n) is 3.53. The largest absolute Gasteiger partial charge is 0.399 e. The summed E-state index contributed by atoms with van der Waals surface area (Å²) in [6.07, 6.45) is 0.281. The molecule has 2 rings (SSSR count). The van der Waals surface area contributed by atoms with E-state index in [1.165, 1.54) is 0 Å². The van der Waals surface area contributed by atoms with Crippen molar-refractivity contribution in [2.45, 2.75) is 13.0 Å². The van der Waals surface area contributed by atoms with E-state index < -0.39 is 0 Å². The molecule has 0 radical (unpaired) electrons. The maximum atomic E-state index is 11.6. The van der Waals surface area contributed by atoms with E-state index in [2.05, 4.69) is 25.9 Å². The van der Waals surface area contributed by atoms with Gasteiger partial charge in [0, 0.05) is 5.69 Å². The lowest BCUT2D eigenvalue weighted by atomic mass is 10.1. The first kappa shape index (κ1) is 11.1. The van der Waals surface area contributed by atoms with Crippen molar-refractivity contribution in [2.75, 3.05) is 5.73 Å². The van der Waals surface area contributed by atoms with E-state index in [0.29, 0.717) is 11.5 Å². The van der Waals surface area contributed by atoms with Gasteiger partial charge >= 0.3 is 0 Å². The van der Waals surface area contributed by atoms with Crippen molar-refractivity contribution in [1.82, 2.24) is 25.9 Å². The van der Waals surface area contributed by atoms with E-state index in [-0.39, 0.29) is 18.9 Å². The molecule has 0 saturated heterocycles. The van der Waals surface area contributed by atoms with Crippen LogP contribution in [0.5, 0.6) is 0 Å². The highest BCUT2D eigenvalue weighted by atomic mass is 16.1. The van der Waals surface area contributed by atoms with E-state index in [1.54, 1.807) is 12.1 Å². The maximum absolute atomic E-state index is 11.6. The van der Waals surface area contributed by atoms with E-state index >= 15 is 0 Å². The molecule has 0 aliphatic carbocycles. The van der Waals surface area contributed by atoms with Crippen LogP contribution in [0.4, 0.5) is 5.69 Å². The Balaban J connectivity index is 1.85. The highest BCUT2D eigenvalue weighted by molar-refractivity contribution is 5.78. The van der Waals surface area contributed by atoms with Gasteiger partial charge in [-0.1, -0.05) is 17.3 Å². The highest BCUT2D eigenvalue weighted by Gasteiger charge is 2.05. The van der Waals surface area contributed by atoms with Gasteiger partial charge in [0.2, 0.25) is 5.91 Å². The Kier molecular flexibility index (Phi) is 3.29. The molecule has 2 aromatic rings. The Bertz CT molecular complexity index is 495. The van der Waals surface area contributed by atoms with Crippen LogP contribution >= 0.6 is 0 Å². The Morgan fingerprint density at radius 2 is 2.35 bits per heavy atom. The SMILES string of the molecule is Nc1cccc(CC(=O)NCc2nn[nH]n2)c1. The number of nitrogens with zero attached hydrogens (tertiary/aromatic N) is 3. The predicted molar refractivity (Wildman–Crippen MR) is 60.6 cm³/mol. The van der Waals surface area contributed by atoms with Crippen LogP contribution < -0.4 is 11.1 Å². The number of amides is 1. The van der Waals surface area contributed by atoms with Gasteiger partial charge in [-0.05, 0) is 17.7 Å². The quantitative estimate of drug-likeness (QED) is 0.624. The fraction of sp³-hybridized carbons (Fsp3) is 0.200. The van der Waals surface area contributed by atoms with Gasteiger partial charge in [-0.15, -0.1) is 10.2 Å². The molecule has 17 heavy (non-hydrogen) atoms. The molecule has 0 aliphatic rings. The molecule has 1 amide bonds. The molecule has 0 fully saturated rings. The summed E-state index contributed by atoms with van der Waals surface area (Å²) in [4.78, 5) is 11.6. The second-order valence-corrected chi connectivity index (χ2v) is 3.53. The number of aromatic nitrogens is 4. The van der Waals surface area contributed by atoms with Crippen LogP contribution in [0.3, 0.4) is 0 Å². The van der Waals surface area contributed by atoms with Crippen LogP contribution in [0.1, 0.15) is 11.4 Å². The van der Waals surface area contributed by atoms with Gasteiger partial charge in [0.15, 0.2) is 5.82 Å². The maximum Gasteiger partial charge on any atom is 0.224 e. The van der Waals surface area contributed by atoms with Crippen molar-refractivity contribution in [1.29, 1.82) is 0 Å². The summed E-state index contributed by atoms with van der Waals surface area (Å²) in [6, 6.07) is 7.22. The van der Waals surface area contributed by atoms with Crippen molar-refractivity contribution in [3.05, 3.63) is 35.7 Å². The van der Waals surface area contributed by atoms with Gasteiger partial charge in [0.25, 0.3) is 0 Å². The normalized spacial score (nSPS) is 10.1. The number of carbonyl (C=O) groups is 1. The molecule has 1 aromatic carbocycles. The van der Waals surface area contributed by atoms with Crippen LogP contribution in [0.15, 0.2) is 24.3 Å². The smallest absolute Gasteiger partial charge is 0.224 e. The van der Waals surface area contributed by atoms with Gasteiger partial charge < -0.3 is 11.1 Å². The van der Waals surface area contributed by atoms with Crippen LogP contribution in [0.25, 0.3) is 0 Å². The number of nitrogen functional groups attached to an aromatic ring is 1. The molecule has 0 atom stereocenters. The molecule has 7 heteroatoms. The molecule has 0 aliphatic heterocycles. The lowest BCUT2D eigenvalue weighted by Crippen LogP contribution is -2.25. The third-order valence-corrected chi connectivity index (χ3v) is 2.15. The molecule has 0 spiro atoms. The molecule has 7 nitrogen and oxygen atoms in total. The second kappa shape index (κ2) is 5.06. The molecular weight excluding hydrogens is 220 g/mol. The summed E-state index contributed by atoms with van der Waals surface area (Å²) < 4.78 is 0. The van der Waals surface area contributed by atoms with Gasteiger partial charge in [0.05, 0.1) is 13.0 Å². The minimum Gasteiger partial charge on any atom is -0.399 e. The van der Waals surface area contributed by atoms with Gasteiger partial charge in [-0.25, -0.2) is 0 Å². The minimum atomic E-state index is -0.111. The van der Waals surface area contributed by atoms with Gasteiger partial charge in [-0.3, -0.25) is 4.79 Å². The molecule has 0 saturated carbocycles. The van der Waals surface area contributed by atoms with Crippen molar-refractivity contribution >= 4 is 11.6 Å². The number of hydrogen-bond donors (Lipinski definition) is 3. The molecule has 1 heterocycles. The number of anilines is 1. The number of tetrazole rings is 1. The summed E-state index contributed by atoms with van der Waals surface area (Å²) in [7, 11) is 0. The standard InChI is InChI=1S/C10H12N6O/c11-8-3-1-2-7(4-8)5-10(17)12-6-9-13-15-16-14-9/h1-4H,5-6,11H2,(H,12,17)(H,13,14,15,16). The number of rotatable bonds is 4. The number of H-pyrrole nitrogens is 1. The Morgan fingerprint density at radius 3 is 3.06 bits per heavy atom. The number of benzene rings is 1. The Hall–Kier alpha value is -2.44. The number of carbonyl (C=O) groups excluding carboxylic acids is 1. The highest BCUT2D eigenvalue weighted by Crippen LogP contribution is 2.06. The summed E-state index contributed by atoms with van der Waals surface area (Å²) in [5.74, 6) is 0.339. The zero-order valence-electron chi connectivity index (χ0n) is 9.05. The van der Waals surface area contributed by atoms with Crippen molar-refractivity contribution in [3.8, 4) is 0 Å². The first-order valence-electron chi connectivity index (χ1n) is 5.07. The van der Waals surface area contributed by atoms with E-state index in [4.69, 9.17) is 5.73 Å². The topological polar surface area (TPSA) is 110 Å². The number of aromatic amines is 1. The van der Waals surface area contributed by atoms with Crippen molar-refractivity contribution < 1.29 is 4.79 Å². The minimum absolute atomic E-state index is 0.111. The first-order chi connectivity index (χ1) is 8.24. The predicted octanol–water partition coefficient (Wildman–Crippen LogP) is -0.359. The average molecular weight is 232 g/mol. The lowest BCUT2D eigenvalue weighted by molar-refractivity contribution is -0.120.